The maximum absolute atomic E-state index is 12.9. The van der Waals surface area contributed by atoms with Crippen LogP contribution in [0.4, 0.5) is 20.6 Å². The van der Waals surface area contributed by atoms with Gasteiger partial charge in [0.1, 0.15) is 5.82 Å². The largest absolute Gasteiger partial charge is 0.323 e. The van der Waals surface area contributed by atoms with Gasteiger partial charge in [0.2, 0.25) is 0 Å². The third-order valence-electron chi connectivity index (χ3n) is 2.73. The number of carbonyl (C=O) groups excluding carboxylic acids is 2. The van der Waals surface area contributed by atoms with Crippen molar-refractivity contribution in [2.24, 2.45) is 0 Å². The molecule has 0 spiro atoms. The van der Waals surface area contributed by atoms with Gasteiger partial charge in [0.25, 0.3) is 0 Å². The van der Waals surface area contributed by atoms with Crippen molar-refractivity contribution in [1.29, 1.82) is 0 Å². The molecule has 2 rings (SSSR count). The average molecular weight is 351 g/mol. The lowest BCUT2D eigenvalue weighted by Crippen LogP contribution is -2.19. The molecular weight excluding hydrogens is 339 g/mol. The van der Waals surface area contributed by atoms with Crippen LogP contribution in [0.3, 0.4) is 0 Å². The Hall–Kier alpha value is -2.21. The molecule has 0 unspecified atom stereocenters. The average Bonchev–Trinajstić information content (AvgIpc) is 2.42. The van der Waals surface area contributed by atoms with Crippen molar-refractivity contribution in [2.75, 3.05) is 10.6 Å². The Labute approximate surface area is 129 Å². The summed E-state index contributed by atoms with van der Waals surface area (Å²) in [4.78, 5) is 23.0. The van der Waals surface area contributed by atoms with Gasteiger partial charge in [-0.15, -0.1) is 0 Å². The van der Waals surface area contributed by atoms with Gasteiger partial charge in [0, 0.05) is 15.7 Å². The predicted octanol–water partition coefficient (Wildman–Crippen LogP) is 4.43. The maximum atomic E-state index is 12.9. The van der Waals surface area contributed by atoms with Gasteiger partial charge < -0.3 is 10.6 Å². The molecule has 0 aliphatic carbocycles. The summed E-state index contributed by atoms with van der Waals surface area (Å²) in [6.07, 6.45) is 0. The van der Waals surface area contributed by atoms with E-state index in [4.69, 9.17) is 0 Å². The standard InChI is InChI=1S/C15H12BrFN2O2/c1-9(20)10-2-5-12(6-3-10)18-15(21)19-14-7-4-11(17)8-13(14)16/h2-8H,1H3,(H2,18,19,21). The van der Waals surface area contributed by atoms with E-state index in [1.54, 1.807) is 24.3 Å². The number of anilines is 2. The van der Waals surface area contributed by atoms with Crippen molar-refractivity contribution in [1.82, 2.24) is 0 Å². The highest BCUT2D eigenvalue weighted by Gasteiger charge is 2.07. The van der Waals surface area contributed by atoms with Crippen LogP contribution in [0, 0.1) is 5.82 Å². The first kappa shape index (κ1) is 15.2. The lowest BCUT2D eigenvalue weighted by molar-refractivity contribution is 0.101. The number of Topliss-reactive ketones (excluding diaryl/α,β-unsaturated/α-hetero) is 1. The first-order chi connectivity index (χ1) is 9.95. The van der Waals surface area contributed by atoms with Crippen LogP contribution in [0.25, 0.3) is 0 Å². The first-order valence-corrected chi connectivity index (χ1v) is 6.89. The summed E-state index contributed by atoms with van der Waals surface area (Å²) in [6, 6.07) is 10.0. The third kappa shape index (κ3) is 4.13. The molecule has 0 aliphatic heterocycles. The molecule has 0 bridgehead atoms. The molecule has 21 heavy (non-hydrogen) atoms. The highest BCUT2D eigenvalue weighted by molar-refractivity contribution is 9.10. The highest BCUT2D eigenvalue weighted by atomic mass is 79.9. The number of amides is 2. The summed E-state index contributed by atoms with van der Waals surface area (Å²) in [5.41, 5.74) is 1.58. The second-order valence-corrected chi connectivity index (χ2v) is 5.19. The number of hydrogen-bond donors (Lipinski definition) is 2. The van der Waals surface area contributed by atoms with E-state index >= 15 is 0 Å². The molecule has 0 aliphatic rings. The second kappa shape index (κ2) is 6.49. The van der Waals surface area contributed by atoms with Gasteiger partial charge in [-0.3, -0.25) is 4.79 Å². The lowest BCUT2D eigenvalue weighted by Gasteiger charge is -2.09. The summed E-state index contributed by atoms with van der Waals surface area (Å²) in [5.74, 6) is -0.436. The zero-order chi connectivity index (χ0) is 15.4. The number of rotatable bonds is 3. The van der Waals surface area contributed by atoms with Crippen LogP contribution in [-0.4, -0.2) is 11.8 Å². The second-order valence-electron chi connectivity index (χ2n) is 4.34. The molecule has 2 amide bonds. The molecule has 0 atom stereocenters. The van der Waals surface area contributed by atoms with E-state index in [0.29, 0.717) is 21.4 Å². The number of nitrogens with one attached hydrogen (secondary N) is 2. The van der Waals surface area contributed by atoms with Crippen LogP contribution < -0.4 is 10.6 Å². The number of hydrogen-bond acceptors (Lipinski definition) is 2. The lowest BCUT2D eigenvalue weighted by atomic mass is 10.1. The van der Waals surface area contributed by atoms with Crippen LogP contribution in [0.5, 0.6) is 0 Å². The molecule has 6 heteroatoms. The topological polar surface area (TPSA) is 58.2 Å². The van der Waals surface area contributed by atoms with Crippen molar-refractivity contribution in [3.05, 3.63) is 58.3 Å². The van der Waals surface area contributed by atoms with E-state index in [1.807, 2.05) is 0 Å². The van der Waals surface area contributed by atoms with Gasteiger partial charge in [0.05, 0.1) is 5.69 Å². The quantitative estimate of drug-likeness (QED) is 0.804. The van der Waals surface area contributed by atoms with Crippen LogP contribution >= 0.6 is 15.9 Å². The summed E-state index contributed by atoms with van der Waals surface area (Å²) in [6.45, 7) is 1.47. The molecule has 0 radical (unpaired) electrons. The van der Waals surface area contributed by atoms with Crippen molar-refractivity contribution < 1.29 is 14.0 Å². The number of carbonyl (C=O) groups is 2. The molecule has 2 N–H and O–H groups in total. The van der Waals surface area contributed by atoms with E-state index in [-0.39, 0.29) is 5.78 Å². The van der Waals surface area contributed by atoms with Crippen LogP contribution in [0.1, 0.15) is 17.3 Å². The maximum Gasteiger partial charge on any atom is 0.323 e. The molecule has 0 fully saturated rings. The minimum atomic E-state index is -0.460. The molecule has 0 heterocycles. The van der Waals surface area contributed by atoms with E-state index in [1.165, 1.54) is 25.1 Å². The number of benzene rings is 2. The Kier molecular flexibility index (Phi) is 4.70. The fourth-order valence-electron chi connectivity index (χ4n) is 1.66. The fourth-order valence-corrected chi connectivity index (χ4v) is 2.11. The SMILES string of the molecule is CC(=O)c1ccc(NC(=O)Nc2ccc(F)cc2Br)cc1. The van der Waals surface area contributed by atoms with Gasteiger partial charge in [0.15, 0.2) is 5.78 Å². The zero-order valence-corrected chi connectivity index (χ0v) is 12.7. The Morgan fingerprint density at radius 2 is 1.71 bits per heavy atom. The summed E-state index contributed by atoms with van der Waals surface area (Å²) in [5, 5.41) is 5.22. The zero-order valence-electron chi connectivity index (χ0n) is 11.1. The number of halogens is 2. The van der Waals surface area contributed by atoms with Gasteiger partial charge in [-0.2, -0.15) is 0 Å². The number of ketones is 1. The van der Waals surface area contributed by atoms with Gasteiger partial charge in [-0.1, -0.05) is 0 Å². The van der Waals surface area contributed by atoms with E-state index < -0.39 is 11.8 Å². The summed E-state index contributed by atoms with van der Waals surface area (Å²) < 4.78 is 13.4. The monoisotopic (exact) mass is 350 g/mol. The van der Waals surface area contributed by atoms with Crippen molar-refractivity contribution in [3.8, 4) is 0 Å². The minimum absolute atomic E-state index is 0.0405. The molecule has 108 valence electrons. The van der Waals surface area contributed by atoms with Crippen LogP contribution in [0.15, 0.2) is 46.9 Å². The van der Waals surface area contributed by atoms with Crippen LogP contribution in [0.2, 0.25) is 0 Å². The Bertz CT molecular complexity index is 687. The Balaban J connectivity index is 2.02. The summed E-state index contributed by atoms with van der Waals surface area (Å²) in [7, 11) is 0. The predicted molar refractivity (Wildman–Crippen MR) is 83.2 cm³/mol. The number of urea groups is 1. The van der Waals surface area contributed by atoms with E-state index in [0.717, 1.165) is 0 Å². The smallest absolute Gasteiger partial charge is 0.308 e. The third-order valence-corrected chi connectivity index (χ3v) is 3.38. The van der Waals surface area contributed by atoms with Crippen LogP contribution in [-0.2, 0) is 0 Å². The minimum Gasteiger partial charge on any atom is -0.308 e. The Morgan fingerprint density at radius 1 is 1.05 bits per heavy atom. The molecule has 2 aromatic rings. The van der Waals surface area contributed by atoms with Gasteiger partial charge >= 0.3 is 6.03 Å². The van der Waals surface area contributed by atoms with E-state index in [2.05, 4.69) is 26.6 Å². The normalized spacial score (nSPS) is 10.0. The molecule has 0 aromatic heterocycles. The Morgan fingerprint density at radius 3 is 2.29 bits per heavy atom. The van der Waals surface area contributed by atoms with Crippen molar-refractivity contribution >= 4 is 39.1 Å². The van der Waals surface area contributed by atoms with Gasteiger partial charge in [-0.25, -0.2) is 9.18 Å². The van der Waals surface area contributed by atoms with Crippen molar-refractivity contribution in [3.63, 3.8) is 0 Å². The summed E-state index contributed by atoms with van der Waals surface area (Å²) >= 11 is 3.17. The first-order valence-electron chi connectivity index (χ1n) is 6.10. The fraction of sp³-hybridized carbons (Fsp3) is 0.0667. The van der Waals surface area contributed by atoms with E-state index in [9.17, 15) is 14.0 Å². The molecule has 4 nitrogen and oxygen atoms in total. The van der Waals surface area contributed by atoms with Gasteiger partial charge in [-0.05, 0) is 65.3 Å². The highest BCUT2D eigenvalue weighted by Crippen LogP contribution is 2.23. The van der Waals surface area contributed by atoms with Crippen molar-refractivity contribution in [2.45, 2.75) is 6.92 Å². The molecule has 0 saturated heterocycles. The molecule has 0 saturated carbocycles. The molecule has 2 aromatic carbocycles. The molecular formula is C15H12BrFN2O2.